The number of unbranched alkanes of at least 4 members (excludes halogenated alkanes) is 4. The summed E-state index contributed by atoms with van der Waals surface area (Å²) < 4.78 is 38.6. The van der Waals surface area contributed by atoms with Crippen LogP contribution >= 0.6 is 12.4 Å². The lowest BCUT2D eigenvalue weighted by atomic mass is 10.1. The number of halogens is 4. The van der Waals surface area contributed by atoms with Gasteiger partial charge in [0.25, 0.3) is 0 Å². The molecule has 0 saturated heterocycles. The smallest absolute Gasteiger partial charge is 0.311 e. The lowest BCUT2D eigenvalue weighted by Crippen LogP contribution is -2.16. The first-order chi connectivity index (χ1) is 8.95. The Labute approximate surface area is 124 Å². The molecule has 0 bridgehead atoms. The Kier molecular flexibility index (Phi) is 8.89. The second-order valence-corrected chi connectivity index (χ2v) is 4.73. The molecule has 1 N–H and O–H groups in total. The van der Waals surface area contributed by atoms with Gasteiger partial charge >= 0.3 is 6.18 Å². The Morgan fingerprint density at radius 3 is 2.40 bits per heavy atom. The van der Waals surface area contributed by atoms with Gasteiger partial charge in [0.15, 0.2) is 5.69 Å². The SMILES string of the molecule is CCCCCCCNCc1cc(C(F)(F)F)nn1C.Cl. The predicted molar refractivity (Wildman–Crippen MR) is 75.9 cm³/mol. The van der Waals surface area contributed by atoms with Crippen LogP contribution in [-0.4, -0.2) is 16.3 Å². The minimum atomic E-state index is -4.36. The number of rotatable bonds is 8. The summed E-state index contributed by atoms with van der Waals surface area (Å²) in [6, 6.07) is 1.10. The molecular formula is C13H23ClF3N3. The van der Waals surface area contributed by atoms with Crippen LogP contribution in [-0.2, 0) is 19.8 Å². The average molecular weight is 314 g/mol. The Hall–Kier alpha value is -0.750. The van der Waals surface area contributed by atoms with E-state index in [-0.39, 0.29) is 12.4 Å². The fraction of sp³-hybridized carbons (Fsp3) is 0.769. The highest BCUT2D eigenvalue weighted by Gasteiger charge is 2.34. The zero-order chi connectivity index (χ0) is 14.3. The number of aromatic nitrogens is 2. The third-order valence-corrected chi connectivity index (χ3v) is 3.03. The van der Waals surface area contributed by atoms with Gasteiger partial charge in [-0.1, -0.05) is 32.6 Å². The third-order valence-electron chi connectivity index (χ3n) is 3.03. The molecule has 0 aliphatic carbocycles. The van der Waals surface area contributed by atoms with Gasteiger partial charge in [-0.05, 0) is 19.0 Å². The number of aryl methyl sites for hydroxylation is 1. The van der Waals surface area contributed by atoms with E-state index in [1.165, 1.54) is 37.4 Å². The van der Waals surface area contributed by atoms with E-state index >= 15 is 0 Å². The van der Waals surface area contributed by atoms with Crippen molar-refractivity contribution in [2.75, 3.05) is 6.54 Å². The van der Waals surface area contributed by atoms with E-state index in [1.807, 2.05) is 0 Å². The maximum atomic E-state index is 12.4. The maximum absolute atomic E-state index is 12.4. The van der Waals surface area contributed by atoms with Crippen molar-refractivity contribution in [2.24, 2.45) is 7.05 Å². The normalized spacial score (nSPS) is 11.4. The lowest BCUT2D eigenvalue weighted by molar-refractivity contribution is -0.141. The van der Waals surface area contributed by atoms with Crippen LogP contribution in [0.15, 0.2) is 6.07 Å². The van der Waals surface area contributed by atoms with E-state index in [0.717, 1.165) is 19.0 Å². The van der Waals surface area contributed by atoms with Crippen LogP contribution < -0.4 is 5.32 Å². The average Bonchev–Trinajstić information content (AvgIpc) is 2.70. The molecule has 0 aromatic carbocycles. The lowest BCUT2D eigenvalue weighted by Gasteiger charge is -2.04. The second kappa shape index (κ2) is 9.23. The van der Waals surface area contributed by atoms with Gasteiger partial charge in [-0.2, -0.15) is 18.3 Å². The summed E-state index contributed by atoms with van der Waals surface area (Å²) in [6.45, 7) is 3.42. The molecule has 0 fully saturated rings. The highest BCUT2D eigenvalue weighted by atomic mass is 35.5. The molecule has 20 heavy (non-hydrogen) atoms. The van der Waals surface area contributed by atoms with Gasteiger partial charge in [0.2, 0.25) is 0 Å². The Morgan fingerprint density at radius 1 is 1.20 bits per heavy atom. The van der Waals surface area contributed by atoms with Crippen molar-refractivity contribution in [3.63, 3.8) is 0 Å². The Bertz CT molecular complexity index is 377. The van der Waals surface area contributed by atoms with E-state index in [0.29, 0.717) is 12.2 Å². The van der Waals surface area contributed by atoms with Gasteiger partial charge in [0.1, 0.15) is 0 Å². The highest BCUT2D eigenvalue weighted by molar-refractivity contribution is 5.85. The molecule has 118 valence electrons. The monoisotopic (exact) mass is 313 g/mol. The summed E-state index contributed by atoms with van der Waals surface area (Å²) in [4.78, 5) is 0. The molecule has 0 aliphatic rings. The zero-order valence-electron chi connectivity index (χ0n) is 12.0. The third kappa shape index (κ3) is 6.61. The minimum absolute atomic E-state index is 0. The second-order valence-electron chi connectivity index (χ2n) is 4.73. The zero-order valence-corrected chi connectivity index (χ0v) is 12.8. The van der Waals surface area contributed by atoms with Crippen molar-refractivity contribution in [2.45, 2.75) is 51.7 Å². The molecule has 0 spiro atoms. The number of hydrogen-bond donors (Lipinski definition) is 1. The van der Waals surface area contributed by atoms with Crippen LogP contribution in [0, 0.1) is 0 Å². The summed E-state index contributed by atoms with van der Waals surface area (Å²) in [5.74, 6) is 0. The number of hydrogen-bond acceptors (Lipinski definition) is 2. The number of alkyl halides is 3. The van der Waals surface area contributed by atoms with Gasteiger partial charge in [-0.3, -0.25) is 4.68 Å². The quantitative estimate of drug-likeness (QED) is 0.737. The molecular weight excluding hydrogens is 291 g/mol. The molecule has 0 aliphatic heterocycles. The van der Waals surface area contributed by atoms with Gasteiger partial charge in [-0.25, -0.2) is 0 Å². The van der Waals surface area contributed by atoms with Crippen LogP contribution in [0.5, 0.6) is 0 Å². The predicted octanol–water partition coefficient (Wildman–Crippen LogP) is 3.92. The first kappa shape index (κ1) is 19.2. The minimum Gasteiger partial charge on any atom is -0.311 e. The molecule has 0 amide bonds. The van der Waals surface area contributed by atoms with Crippen LogP contribution in [0.4, 0.5) is 13.2 Å². The van der Waals surface area contributed by atoms with Gasteiger partial charge in [-0.15, -0.1) is 12.4 Å². The molecule has 0 radical (unpaired) electrons. The molecule has 1 aromatic rings. The Balaban J connectivity index is 0.00000361. The summed E-state index contributed by atoms with van der Waals surface area (Å²) >= 11 is 0. The number of nitrogens with one attached hydrogen (secondary N) is 1. The summed E-state index contributed by atoms with van der Waals surface area (Å²) in [7, 11) is 1.54. The van der Waals surface area contributed by atoms with Crippen molar-refractivity contribution in [1.82, 2.24) is 15.1 Å². The fourth-order valence-electron chi connectivity index (χ4n) is 1.88. The van der Waals surface area contributed by atoms with Crippen LogP contribution in [0.1, 0.15) is 50.4 Å². The molecule has 1 heterocycles. The standard InChI is InChI=1S/C13H22F3N3.ClH/c1-3-4-5-6-7-8-17-10-11-9-12(13(14,15)16)18-19(11)2;/h9,17H,3-8,10H2,1-2H3;1H. The molecule has 0 unspecified atom stereocenters. The topological polar surface area (TPSA) is 29.9 Å². The van der Waals surface area contributed by atoms with Gasteiger partial charge < -0.3 is 5.32 Å². The van der Waals surface area contributed by atoms with Crippen LogP contribution in [0.25, 0.3) is 0 Å². The fourth-order valence-corrected chi connectivity index (χ4v) is 1.88. The first-order valence-electron chi connectivity index (χ1n) is 6.76. The van der Waals surface area contributed by atoms with E-state index in [4.69, 9.17) is 0 Å². The van der Waals surface area contributed by atoms with Crippen molar-refractivity contribution in [1.29, 1.82) is 0 Å². The van der Waals surface area contributed by atoms with Crippen molar-refractivity contribution >= 4 is 12.4 Å². The summed E-state index contributed by atoms with van der Waals surface area (Å²) in [5.41, 5.74) is -0.268. The van der Waals surface area contributed by atoms with Crippen LogP contribution in [0.3, 0.4) is 0 Å². The van der Waals surface area contributed by atoms with Crippen molar-refractivity contribution < 1.29 is 13.2 Å². The summed E-state index contributed by atoms with van der Waals surface area (Å²) in [6.07, 6.45) is 1.54. The molecule has 0 atom stereocenters. The van der Waals surface area contributed by atoms with E-state index < -0.39 is 11.9 Å². The molecule has 1 rings (SSSR count). The van der Waals surface area contributed by atoms with Crippen molar-refractivity contribution in [3.8, 4) is 0 Å². The molecule has 7 heteroatoms. The molecule has 1 aromatic heterocycles. The first-order valence-corrected chi connectivity index (χ1v) is 6.76. The Morgan fingerprint density at radius 2 is 1.85 bits per heavy atom. The van der Waals surface area contributed by atoms with Crippen LogP contribution in [0.2, 0.25) is 0 Å². The highest BCUT2D eigenvalue weighted by Crippen LogP contribution is 2.28. The van der Waals surface area contributed by atoms with E-state index in [9.17, 15) is 13.2 Å². The number of nitrogens with zero attached hydrogens (tertiary/aromatic N) is 2. The van der Waals surface area contributed by atoms with Gasteiger partial charge in [0, 0.05) is 13.6 Å². The summed E-state index contributed by atoms with van der Waals surface area (Å²) in [5, 5.41) is 6.63. The van der Waals surface area contributed by atoms with Gasteiger partial charge in [0.05, 0.1) is 5.69 Å². The largest absolute Gasteiger partial charge is 0.435 e. The molecule has 0 saturated carbocycles. The van der Waals surface area contributed by atoms with E-state index in [1.54, 1.807) is 0 Å². The van der Waals surface area contributed by atoms with E-state index in [2.05, 4.69) is 17.3 Å². The maximum Gasteiger partial charge on any atom is 0.435 e. The molecule has 3 nitrogen and oxygen atoms in total. The van der Waals surface area contributed by atoms with Crippen molar-refractivity contribution in [3.05, 3.63) is 17.5 Å².